The molecular weight excluding hydrogens is 256 g/mol. The van der Waals surface area contributed by atoms with Crippen LogP contribution >= 0.6 is 23.4 Å². The molecule has 1 heterocycles. The highest BCUT2D eigenvalue weighted by atomic mass is 35.5. The molecule has 0 aliphatic heterocycles. The average molecular weight is 275 g/mol. The summed E-state index contributed by atoms with van der Waals surface area (Å²) in [5.74, 6) is 0.513. The Morgan fingerprint density at radius 3 is 2.76 bits per heavy atom. The van der Waals surface area contributed by atoms with Gasteiger partial charge in [0.2, 0.25) is 0 Å². The van der Waals surface area contributed by atoms with Crippen molar-refractivity contribution in [3.05, 3.63) is 23.4 Å². The maximum absolute atomic E-state index is 9.39. The van der Waals surface area contributed by atoms with E-state index in [9.17, 15) is 5.11 Å². The van der Waals surface area contributed by atoms with Crippen LogP contribution in [0, 0.1) is 5.92 Å². The highest BCUT2D eigenvalue weighted by Gasteiger charge is 2.20. The Morgan fingerprint density at radius 2 is 2.24 bits per heavy atom. The number of nitrogens with zero attached hydrogens (tertiary/aromatic N) is 1. The van der Waals surface area contributed by atoms with E-state index in [2.05, 4.69) is 18.8 Å². The van der Waals surface area contributed by atoms with Gasteiger partial charge in [0.15, 0.2) is 0 Å². The van der Waals surface area contributed by atoms with Crippen molar-refractivity contribution in [2.45, 2.75) is 36.6 Å². The van der Waals surface area contributed by atoms with Crippen LogP contribution in [-0.4, -0.2) is 28.0 Å². The van der Waals surface area contributed by atoms with Crippen molar-refractivity contribution < 1.29 is 5.11 Å². The molecule has 0 aliphatic carbocycles. The normalized spacial score (nSPS) is 14.9. The number of aliphatic hydroxyl groups excluding tert-OH is 1. The van der Waals surface area contributed by atoms with Gasteiger partial charge in [0, 0.05) is 17.5 Å². The minimum absolute atomic E-state index is 0.0332. The molecule has 96 valence electrons. The fourth-order valence-electron chi connectivity index (χ4n) is 1.56. The lowest BCUT2D eigenvalue weighted by molar-refractivity contribution is 0.275. The topological polar surface area (TPSA) is 59.1 Å². The lowest BCUT2D eigenvalue weighted by Crippen LogP contribution is -2.36. The number of hydrogen-bond donors (Lipinski definition) is 2. The van der Waals surface area contributed by atoms with E-state index in [1.165, 1.54) is 11.8 Å². The maximum Gasteiger partial charge on any atom is 0.115 e. The molecule has 1 aromatic rings. The quantitative estimate of drug-likeness (QED) is 0.783. The van der Waals surface area contributed by atoms with E-state index in [-0.39, 0.29) is 17.9 Å². The Balaban J connectivity index is 2.66. The summed E-state index contributed by atoms with van der Waals surface area (Å²) in [6.45, 7) is 4.27. The van der Waals surface area contributed by atoms with Gasteiger partial charge in [-0.3, -0.25) is 0 Å². The van der Waals surface area contributed by atoms with Gasteiger partial charge in [-0.2, -0.15) is 0 Å². The summed E-state index contributed by atoms with van der Waals surface area (Å²) < 4.78 is 0. The molecule has 17 heavy (non-hydrogen) atoms. The molecule has 2 atom stereocenters. The van der Waals surface area contributed by atoms with Gasteiger partial charge in [-0.25, -0.2) is 4.98 Å². The van der Waals surface area contributed by atoms with Gasteiger partial charge in [-0.15, -0.1) is 0 Å². The Kier molecular flexibility index (Phi) is 6.27. The number of thioether (sulfide) groups is 1. The van der Waals surface area contributed by atoms with E-state index in [0.717, 1.165) is 11.4 Å². The maximum atomic E-state index is 9.39. The lowest BCUT2D eigenvalue weighted by atomic mass is 10.0. The number of hydrogen-bond acceptors (Lipinski definition) is 4. The van der Waals surface area contributed by atoms with Crippen LogP contribution in [0.25, 0.3) is 0 Å². The molecule has 3 N–H and O–H groups in total. The molecule has 0 amide bonds. The van der Waals surface area contributed by atoms with Gasteiger partial charge < -0.3 is 10.8 Å². The fourth-order valence-corrected chi connectivity index (χ4v) is 2.76. The first kappa shape index (κ1) is 14.8. The standard InChI is InChI=1S/C12H19ClN2OS/c1-8(2)6-10(14)11(7-16)17-12-9(13)4-3-5-15-12/h3-5,8,10-11,16H,6-7,14H2,1-2H3. The summed E-state index contributed by atoms with van der Waals surface area (Å²) in [5.41, 5.74) is 6.08. The van der Waals surface area contributed by atoms with Gasteiger partial charge in [-0.1, -0.05) is 37.2 Å². The Morgan fingerprint density at radius 1 is 1.53 bits per heavy atom. The summed E-state index contributed by atoms with van der Waals surface area (Å²) in [4.78, 5) is 4.19. The van der Waals surface area contributed by atoms with Gasteiger partial charge in [-0.05, 0) is 24.5 Å². The molecule has 3 nitrogen and oxygen atoms in total. The van der Waals surface area contributed by atoms with E-state index >= 15 is 0 Å². The predicted octanol–water partition coefficient (Wildman–Crippen LogP) is 2.56. The van der Waals surface area contributed by atoms with Crippen molar-refractivity contribution in [3.63, 3.8) is 0 Å². The first-order chi connectivity index (χ1) is 8.04. The van der Waals surface area contributed by atoms with Crippen LogP contribution in [0.3, 0.4) is 0 Å². The summed E-state index contributed by atoms with van der Waals surface area (Å²) in [6, 6.07) is 3.52. The number of rotatable bonds is 6. The minimum atomic E-state index is -0.0650. The fraction of sp³-hybridized carbons (Fsp3) is 0.583. The van der Waals surface area contributed by atoms with Gasteiger partial charge >= 0.3 is 0 Å². The lowest BCUT2D eigenvalue weighted by Gasteiger charge is -2.22. The third kappa shape index (κ3) is 4.84. The van der Waals surface area contributed by atoms with E-state index in [1.807, 2.05) is 0 Å². The molecule has 0 spiro atoms. The van der Waals surface area contributed by atoms with Crippen LogP contribution in [0.2, 0.25) is 5.02 Å². The van der Waals surface area contributed by atoms with Crippen molar-refractivity contribution in [2.24, 2.45) is 11.7 Å². The first-order valence-corrected chi connectivity index (χ1v) is 6.94. The Hall–Kier alpha value is -0.290. The first-order valence-electron chi connectivity index (χ1n) is 5.68. The summed E-state index contributed by atoms with van der Waals surface area (Å²) in [7, 11) is 0. The zero-order valence-corrected chi connectivity index (χ0v) is 11.7. The zero-order valence-electron chi connectivity index (χ0n) is 10.1. The van der Waals surface area contributed by atoms with E-state index in [4.69, 9.17) is 17.3 Å². The SMILES string of the molecule is CC(C)CC(N)C(CO)Sc1ncccc1Cl. The number of aromatic nitrogens is 1. The number of nitrogens with two attached hydrogens (primary N) is 1. The van der Waals surface area contributed by atoms with Crippen molar-refractivity contribution in [3.8, 4) is 0 Å². The average Bonchev–Trinajstić information content (AvgIpc) is 2.27. The van der Waals surface area contributed by atoms with Crippen molar-refractivity contribution in [2.75, 3.05) is 6.61 Å². The summed E-state index contributed by atoms with van der Waals surface area (Å²) in [5, 5.41) is 10.7. The summed E-state index contributed by atoms with van der Waals surface area (Å²) in [6.07, 6.45) is 2.57. The second-order valence-electron chi connectivity index (χ2n) is 4.42. The number of pyridine rings is 1. The molecule has 0 aromatic carbocycles. The molecule has 0 aliphatic rings. The van der Waals surface area contributed by atoms with Crippen molar-refractivity contribution in [1.29, 1.82) is 0 Å². The predicted molar refractivity (Wildman–Crippen MR) is 73.4 cm³/mol. The van der Waals surface area contributed by atoms with E-state index in [0.29, 0.717) is 10.9 Å². The summed E-state index contributed by atoms with van der Waals surface area (Å²) >= 11 is 7.48. The highest BCUT2D eigenvalue weighted by Crippen LogP contribution is 2.30. The smallest absolute Gasteiger partial charge is 0.115 e. The number of aliphatic hydroxyl groups is 1. The van der Waals surface area contributed by atoms with Crippen LogP contribution in [0.1, 0.15) is 20.3 Å². The van der Waals surface area contributed by atoms with Crippen molar-refractivity contribution in [1.82, 2.24) is 4.98 Å². The molecule has 0 bridgehead atoms. The molecule has 2 unspecified atom stereocenters. The monoisotopic (exact) mass is 274 g/mol. The van der Waals surface area contributed by atoms with Gasteiger partial charge in [0.05, 0.1) is 11.6 Å². The Labute approximate surface area is 112 Å². The second-order valence-corrected chi connectivity index (χ2v) is 6.06. The zero-order chi connectivity index (χ0) is 12.8. The highest BCUT2D eigenvalue weighted by molar-refractivity contribution is 8.00. The Bertz CT molecular complexity index is 349. The van der Waals surface area contributed by atoms with Crippen molar-refractivity contribution >= 4 is 23.4 Å². The second kappa shape index (κ2) is 7.21. The molecule has 0 fully saturated rings. The van der Waals surface area contributed by atoms with E-state index < -0.39 is 0 Å². The van der Waals surface area contributed by atoms with Crippen LogP contribution < -0.4 is 5.73 Å². The molecule has 5 heteroatoms. The molecule has 0 saturated carbocycles. The van der Waals surface area contributed by atoms with E-state index in [1.54, 1.807) is 18.3 Å². The van der Waals surface area contributed by atoms with Crippen LogP contribution in [0.15, 0.2) is 23.4 Å². The van der Waals surface area contributed by atoms with Gasteiger partial charge in [0.1, 0.15) is 5.03 Å². The van der Waals surface area contributed by atoms with Crippen LogP contribution in [0.4, 0.5) is 0 Å². The van der Waals surface area contributed by atoms with Crippen LogP contribution in [-0.2, 0) is 0 Å². The number of halogens is 1. The minimum Gasteiger partial charge on any atom is -0.395 e. The largest absolute Gasteiger partial charge is 0.395 e. The molecule has 1 rings (SSSR count). The molecule has 0 radical (unpaired) electrons. The molecule has 1 aromatic heterocycles. The molecule has 0 saturated heterocycles. The van der Waals surface area contributed by atoms with Gasteiger partial charge in [0.25, 0.3) is 0 Å². The molecular formula is C12H19ClN2OS. The third-order valence-corrected chi connectivity index (χ3v) is 4.16. The third-order valence-electron chi connectivity index (χ3n) is 2.39. The van der Waals surface area contributed by atoms with Crippen LogP contribution in [0.5, 0.6) is 0 Å².